The van der Waals surface area contributed by atoms with E-state index in [-0.39, 0.29) is 0 Å². The van der Waals surface area contributed by atoms with Gasteiger partial charge in [-0.25, -0.2) is 9.97 Å². The van der Waals surface area contributed by atoms with Crippen molar-refractivity contribution in [2.75, 3.05) is 12.4 Å². The minimum atomic E-state index is 0.733. The SMILES string of the molecule is CCc1c(C)nc(-c2ccc(Cl)cc2C)nc1NC. The van der Waals surface area contributed by atoms with Crippen molar-refractivity contribution in [2.45, 2.75) is 27.2 Å². The number of hydrogen-bond donors (Lipinski definition) is 1. The van der Waals surface area contributed by atoms with E-state index in [2.05, 4.69) is 22.2 Å². The first-order valence-electron chi connectivity index (χ1n) is 6.38. The highest BCUT2D eigenvalue weighted by Gasteiger charge is 2.12. The van der Waals surface area contributed by atoms with Gasteiger partial charge in [-0.05, 0) is 44.0 Å². The number of anilines is 1. The number of aromatic nitrogens is 2. The number of benzene rings is 1. The number of hydrogen-bond acceptors (Lipinski definition) is 3. The van der Waals surface area contributed by atoms with Crippen molar-refractivity contribution in [2.24, 2.45) is 0 Å². The summed E-state index contributed by atoms with van der Waals surface area (Å²) in [5, 5.41) is 3.88. The molecule has 1 aromatic carbocycles. The van der Waals surface area contributed by atoms with Crippen LogP contribution in [0, 0.1) is 13.8 Å². The van der Waals surface area contributed by atoms with E-state index in [4.69, 9.17) is 11.6 Å². The standard InChI is InChI=1S/C15H18ClN3/c1-5-12-10(3)18-15(19-14(12)17-4)13-7-6-11(16)8-9(13)2/h6-8H,5H2,1-4H3,(H,17,18,19). The maximum Gasteiger partial charge on any atom is 0.162 e. The topological polar surface area (TPSA) is 37.8 Å². The highest BCUT2D eigenvalue weighted by molar-refractivity contribution is 6.30. The molecule has 0 atom stereocenters. The van der Waals surface area contributed by atoms with Crippen molar-refractivity contribution in [3.8, 4) is 11.4 Å². The van der Waals surface area contributed by atoms with Gasteiger partial charge in [-0.3, -0.25) is 0 Å². The molecule has 2 rings (SSSR count). The van der Waals surface area contributed by atoms with Crippen molar-refractivity contribution >= 4 is 17.4 Å². The zero-order valence-electron chi connectivity index (χ0n) is 11.7. The number of halogens is 1. The van der Waals surface area contributed by atoms with Crippen molar-refractivity contribution in [3.05, 3.63) is 40.0 Å². The van der Waals surface area contributed by atoms with Crippen LogP contribution in [0.2, 0.25) is 5.02 Å². The Morgan fingerprint density at radius 3 is 2.53 bits per heavy atom. The first-order chi connectivity index (χ1) is 9.06. The minimum absolute atomic E-state index is 0.733. The van der Waals surface area contributed by atoms with Crippen molar-refractivity contribution < 1.29 is 0 Å². The number of nitrogens with one attached hydrogen (secondary N) is 1. The molecule has 0 radical (unpaired) electrons. The van der Waals surface area contributed by atoms with Crippen LogP contribution in [-0.2, 0) is 6.42 Å². The summed E-state index contributed by atoms with van der Waals surface area (Å²) < 4.78 is 0. The molecule has 1 aromatic heterocycles. The van der Waals surface area contributed by atoms with Crippen LogP contribution in [0.3, 0.4) is 0 Å². The van der Waals surface area contributed by atoms with Crippen molar-refractivity contribution in [1.29, 1.82) is 0 Å². The highest BCUT2D eigenvalue weighted by atomic mass is 35.5. The smallest absolute Gasteiger partial charge is 0.162 e. The lowest BCUT2D eigenvalue weighted by Gasteiger charge is -2.12. The predicted molar refractivity (Wildman–Crippen MR) is 80.9 cm³/mol. The minimum Gasteiger partial charge on any atom is -0.373 e. The summed E-state index contributed by atoms with van der Waals surface area (Å²) in [6, 6.07) is 5.77. The van der Waals surface area contributed by atoms with E-state index < -0.39 is 0 Å². The molecule has 1 heterocycles. The Balaban J connectivity index is 2.60. The predicted octanol–water partition coefficient (Wildman–Crippen LogP) is 4.02. The van der Waals surface area contributed by atoms with Crippen LogP contribution < -0.4 is 5.32 Å². The third-order valence-corrected chi connectivity index (χ3v) is 3.47. The molecule has 0 spiro atoms. The molecule has 0 bridgehead atoms. The normalized spacial score (nSPS) is 10.6. The summed E-state index contributed by atoms with van der Waals surface area (Å²) in [6.45, 7) is 6.16. The van der Waals surface area contributed by atoms with Gasteiger partial charge >= 0.3 is 0 Å². The van der Waals surface area contributed by atoms with Crippen LogP contribution in [0.4, 0.5) is 5.82 Å². The fraction of sp³-hybridized carbons (Fsp3) is 0.333. The van der Waals surface area contributed by atoms with Gasteiger partial charge in [0, 0.05) is 28.9 Å². The first-order valence-corrected chi connectivity index (χ1v) is 6.76. The lowest BCUT2D eigenvalue weighted by molar-refractivity contribution is 1.00. The molecule has 0 unspecified atom stereocenters. The van der Waals surface area contributed by atoms with Crippen LogP contribution in [-0.4, -0.2) is 17.0 Å². The third kappa shape index (κ3) is 2.71. The maximum absolute atomic E-state index is 5.99. The number of aryl methyl sites for hydroxylation is 2. The van der Waals surface area contributed by atoms with E-state index >= 15 is 0 Å². The zero-order chi connectivity index (χ0) is 14.0. The molecule has 0 amide bonds. The molecule has 19 heavy (non-hydrogen) atoms. The van der Waals surface area contributed by atoms with Gasteiger partial charge < -0.3 is 5.32 Å². The molecular formula is C15H18ClN3. The monoisotopic (exact) mass is 275 g/mol. The Morgan fingerprint density at radius 1 is 1.21 bits per heavy atom. The second-order valence-electron chi connectivity index (χ2n) is 4.52. The quantitative estimate of drug-likeness (QED) is 0.919. The van der Waals surface area contributed by atoms with Gasteiger partial charge in [0.05, 0.1) is 0 Å². The lowest BCUT2D eigenvalue weighted by Crippen LogP contribution is -2.05. The summed E-state index contributed by atoms with van der Waals surface area (Å²) in [7, 11) is 1.89. The molecule has 1 N–H and O–H groups in total. The summed E-state index contributed by atoms with van der Waals surface area (Å²) in [5.74, 6) is 1.65. The average Bonchev–Trinajstić information content (AvgIpc) is 2.37. The van der Waals surface area contributed by atoms with Crippen LogP contribution in [0.5, 0.6) is 0 Å². The van der Waals surface area contributed by atoms with Gasteiger partial charge in [0.15, 0.2) is 5.82 Å². The molecule has 0 saturated carbocycles. The maximum atomic E-state index is 5.99. The summed E-state index contributed by atoms with van der Waals surface area (Å²) in [4.78, 5) is 9.24. The molecule has 0 saturated heterocycles. The Labute approximate surface area is 119 Å². The van der Waals surface area contributed by atoms with E-state index in [1.165, 1.54) is 0 Å². The molecule has 100 valence electrons. The molecule has 0 fully saturated rings. The van der Waals surface area contributed by atoms with Crippen molar-refractivity contribution in [1.82, 2.24) is 9.97 Å². The lowest BCUT2D eigenvalue weighted by atomic mass is 10.1. The van der Waals surface area contributed by atoms with Crippen LogP contribution in [0.1, 0.15) is 23.7 Å². The van der Waals surface area contributed by atoms with E-state index in [9.17, 15) is 0 Å². The fourth-order valence-electron chi connectivity index (χ4n) is 2.22. The molecule has 2 aromatic rings. The van der Waals surface area contributed by atoms with E-state index in [0.29, 0.717) is 0 Å². The molecule has 4 heteroatoms. The van der Waals surface area contributed by atoms with Gasteiger partial charge in [-0.2, -0.15) is 0 Å². The van der Waals surface area contributed by atoms with Gasteiger partial charge in [-0.1, -0.05) is 18.5 Å². The van der Waals surface area contributed by atoms with Crippen LogP contribution in [0.25, 0.3) is 11.4 Å². The molecule has 0 aliphatic carbocycles. The Kier molecular flexibility index (Phi) is 4.05. The summed E-state index contributed by atoms with van der Waals surface area (Å²) in [5.41, 5.74) is 4.29. The summed E-state index contributed by atoms with van der Waals surface area (Å²) >= 11 is 5.99. The Morgan fingerprint density at radius 2 is 1.95 bits per heavy atom. The Hall–Kier alpha value is -1.61. The van der Waals surface area contributed by atoms with Crippen molar-refractivity contribution in [3.63, 3.8) is 0 Å². The largest absolute Gasteiger partial charge is 0.373 e. The second kappa shape index (κ2) is 5.57. The van der Waals surface area contributed by atoms with Crippen LogP contribution >= 0.6 is 11.6 Å². The van der Waals surface area contributed by atoms with E-state index in [1.54, 1.807) is 0 Å². The molecule has 0 aliphatic rings. The van der Waals surface area contributed by atoms with Crippen LogP contribution in [0.15, 0.2) is 18.2 Å². The zero-order valence-corrected chi connectivity index (χ0v) is 12.5. The molecular weight excluding hydrogens is 258 g/mol. The number of nitrogens with zero attached hydrogens (tertiary/aromatic N) is 2. The second-order valence-corrected chi connectivity index (χ2v) is 4.96. The van der Waals surface area contributed by atoms with Gasteiger partial charge in [0.1, 0.15) is 5.82 Å². The van der Waals surface area contributed by atoms with Gasteiger partial charge in [0.25, 0.3) is 0 Å². The number of rotatable bonds is 3. The van der Waals surface area contributed by atoms with Gasteiger partial charge in [0.2, 0.25) is 0 Å². The van der Waals surface area contributed by atoms with E-state index in [1.807, 2.05) is 39.1 Å². The average molecular weight is 276 g/mol. The highest BCUT2D eigenvalue weighted by Crippen LogP contribution is 2.26. The van der Waals surface area contributed by atoms with Gasteiger partial charge in [-0.15, -0.1) is 0 Å². The van der Waals surface area contributed by atoms with E-state index in [0.717, 1.165) is 45.5 Å². The summed E-state index contributed by atoms with van der Waals surface area (Å²) in [6.07, 6.45) is 0.919. The Bertz CT molecular complexity index is 609. The third-order valence-electron chi connectivity index (χ3n) is 3.23. The fourth-order valence-corrected chi connectivity index (χ4v) is 2.45. The molecule has 3 nitrogen and oxygen atoms in total. The first kappa shape index (κ1) is 13.8. The molecule has 0 aliphatic heterocycles.